The predicted molar refractivity (Wildman–Crippen MR) is 73.9 cm³/mol. The number of carbonyl (C=O) groups is 2. The first-order chi connectivity index (χ1) is 9.63. The maximum absolute atomic E-state index is 11.5. The number of carbonyl (C=O) groups excluding carboxylic acids is 1. The first-order valence-electron chi connectivity index (χ1n) is 5.79. The molecule has 0 fully saturated rings. The van der Waals surface area contributed by atoms with E-state index >= 15 is 0 Å². The standard InChI is InChI=1S/C14H12N2O4/c1-2-7-20-14(19)16-12-10-6-4-3-5-9(10)11(8-15-12)13(17)18/h2-6,8H,1,7H2,(H,17,18)(H,15,16,19). The van der Waals surface area contributed by atoms with Crippen LogP contribution >= 0.6 is 0 Å². The molecular formula is C14H12N2O4. The molecule has 20 heavy (non-hydrogen) atoms. The minimum Gasteiger partial charge on any atom is -0.478 e. The number of aromatic nitrogens is 1. The number of carboxylic acid groups (broad SMARTS) is 1. The van der Waals surface area contributed by atoms with Crippen molar-refractivity contribution in [3.63, 3.8) is 0 Å². The maximum atomic E-state index is 11.5. The quantitative estimate of drug-likeness (QED) is 0.835. The van der Waals surface area contributed by atoms with Crippen molar-refractivity contribution in [2.45, 2.75) is 0 Å². The third-order valence-corrected chi connectivity index (χ3v) is 2.58. The van der Waals surface area contributed by atoms with E-state index in [1.807, 2.05) is 0 Å². The van der Waals surface area contributed by atoms with Gasteiger partial charge in [-0.1, -0.05) is 36.9 Å². The molecule has 0 aliphatic rings. The molecule has 2 aromatic rings. The van der Waals surface area contributed by atoms with Crippen molar-refractivity contribution in [1.82, 2.24) is 4.98 Å². The Morgan fingerprint density at radius 1 is 1.35 bits per heavy atom. The van der Waals surface area contributed by atoms with E-state index < -0.39 is 12.1 Å². The third-order valence-electron chi connectivity index (χ3n) is 2.58. The second-order valence-electron chi connectivity index (χ2n) is 3.88. The number of aromatic carboxylic acids is 1. The number of carboxylic acids is 1. The lowest BCUT2D eigenvalue weighted by Crippen LogP contribution is -2.15. The number of nitrogens with one attached hydrogen (secondary N) is 1. The van der Waals surface area contributed by atoms with Gasteiger partial charge in [-0.3, -0.25) is 5.32 Å². The molecular weight excluding hydrogens is 260 g/mol. The monoisotopic (exact) mass is 272 g/mol. The molecule has 0 aliphatic heterocycles. The summed E-state index contributed by atoms with van der Waals surface area (Å²) in [6.45, 7) is 3.52. The summed E-state index contributed by atoms with van der Waals surface area (Å²) in [7, 11) is 0. The summed E-state index contributed by atoms with van der Waals surface area (Å²) in [5.74, 6) is -0.825. The summed E-state index contributed by atoms with van der Waals surface area (Å²) in [5.41, 5.74) is 0.0746. The van der Waals surface area contributed by atoms with Gasteiger partial charge in [0.2, 0.25) is 0 Å². The zero-order chi connectivity index (χ0) is 14.5. The van der Waals surface area contributed by atoms with Crippen molar-refractivity contribution in [2.75, 3.05) is 11.9 Å². The Labute approximate surface area is 114 Å². The molecule has 2 rings (SSSR count). The van der Waals surface area contributed by atoms with Crippen molar-refractivity contribution in [3.05, 3.63) is 48.7 Å². The molecule has 0 aliphatic carbocycles. The van der Waals surface area contributed by atoms with Gasteiger partial charge in [-0.05, 0) is 0 Å². The SMILES string of the molecule is C=CCOC(=O)Nc1ncc(C(=O)O)c2ccccc12. The predicted octanol–water partition coefficient (Wildman–Crippen LogP) is 2.67. The Hall–Kier alpha value is -2.89. The highest BCUT2D eigenvalue weighted by Crippen LogP contribution is 2.24. The fourth-order valence-electron chi connectivity index (χ4n) is 1.73. The first kappa shape index (κ1) is 13.5. The van der Waals surface area contributed by atoms with E-state index in [-0.39, 0.29) is 18.0 Å². The zero-order valence-electron chi connectivity index (χ0n) is 10.5. The average Bonchev–Trinajstić information content (AvgIpc) is 2.45. The summed E-state index contributed by atoms with van der Waals surface area (Å²) in [5, 5.41) is 12.6. The van der Waals surface area contributed by atoms with Crippen LogP contribution in [0.3, 0.4) is 0 Å². The average molecular weight is 272 g/mol. The Bertz CT molecular complexity index is 682. The van der Waals surface area contributed by atoms with Crippen molar-refractivity contribution in [1.29, 1.82) is 0 Å². The smallest absolute Gasteiger partial charge is 0.413 e. The molecule has 1 aromatic carbocycles. The molecule has 0 saturated carbocycles. The number of amides is 1. The molecule has 1 aromatic heterocycles. The van der Waals surface area contributed by atoms with Gasteiger partial charge in [0.25, 0.3) is 0 Å². The molecule has 0 radical (unpaired) electrons. The number of nitrogens with zero attached hydrogens (tertiary/aromatic N) is 1. The zero-order valence-corrected chi connectivity index (χ0v) is 10.5. The van der Waals surface area contributed by atoms with E-state index in [2.05, 4.69) is 16.9 Å². The third kappa shape index (κ3) is 2.74. The van der Waals surface area contributed by atoms with Crippen LogP contribution in [-0.2, 0) is 4.74 Å². The number of pyridine rings is 1. The van der Waals surface area contributed by atoms with E-state index in [1.165, 1.54) is 12.3 Å². The molecule has 0 atom stereocenters. The van der Waals surface area contributed by atoms with Crippen molar-refractivity contribution >= 4 is 28.7 Å². The molecule has 0 spiro atoms. The number of ether oxygens (including phenoxy) is 1. The number of hydrogen-bond acceptors (Lipinski definition) is 4. The molecule has 6 nitrogen and oxygen atoms in total. The van der Waals surface area contributed by atoms with Crippen LogP contribution in [0.5, 0.6) is 0 Å². The summed E-state index contributed by atoms with van der Waals surface area (Å²) >= 11 is 0. The number of benzene rings is 1. The molecule has 6 heteroatoms. The highest BCUT2D eigenvalue weighted by Gasteiger charge is 2.13. The molecule has 1 amide bonds. The van der Waals surface area contributed by atoms with Crippen LogP contribution in [-0.4, -0.2) is 28.8 Å². The lowest BCUT2D eigenvalue weighted by Gasteiger charge is -2.09. The van der Waals surface area contributed by atoms with E-state index in [0.29, 0.717) is 10.8 Å². The molecule has 1 heterocycles. The summed E-state index contributed by atoms with van der Waals surface area (Å²) in [6.07, 6.45) is 1.97. The second-order valence-corrected chi connectivity index (χ2v) is 3.88. The number of fused-ring (bicyclic) bond motifs is 1. The van der Waals surface area contributed by atoms with Gasteiger partial charge < -0.3 is 9.84 Å². The first-order valence-corrected chi connectivity index (χ1v) is 5.79. The van der Waals surface area contributed by atoms with Gasteiger partial charge in [0.15, 0.2) is 0 Å². The molecule has 2 N–H and O–H groups in total. The Balaban J connectivity index is 2.40. The van der Waals surface area contributed by atoms with Crippen LogP contribution in [0.25, 0.3) is 10.8 Å². The lowest BCUT2D eigenvalue weighted by molar-refractivity contribution is 0.0698. The van der Waals surface area contributed by atoms with Crippen molar-refractivity contribution in [3.8, 4) is 0 Å². The van der Waals surface area contributed by atoms with Crippen LogP contribution in [0.4, 0.5) is 10.6 Å². The number of rotatable bonds is 4. The molecule has 102 valence electrons. The highest BCUT2D eigenvalue weighted by molar-refractivity contribution is 6.08. The summed E-state index contributed by atoms with van der Waals surface area (Å²) in [4.78, 5) is 26.6. The maximum Gasteiger partial charge on any atom is 0.413 e. The van der Waals surface area contributed by atoms with Crippen molar-refractivity contribution < 1.29 is 19.4 Å². The minimum atomic E-state index is -1.07. The van der Waals surface area contributed by atoms with Crippen LogP contribution in [0, 0.1) is 0 Å². The minimum absolute atomic E-state index is 0.0746. The number of anilines is 1. The topological polar surface area (TPSA) is 88.5 Å². The van der Waals surface area contributed by atoms with E-state index in [9.17, 15) is 9.59 Å². The fraction of sp³-hybridized carbons (Fsp3) is 0.0714. The Kier molecular flexibility index (Phi) is 3.95. The van der Waals surface area contributed by atoms with Gasteiger partial charge in [0.05, 0.1) is 5.56 Å². The fourth-order valence-corrected chi connectivity index (χ4v) is 1.73. The lowest BCUT2D eigenvalue weighted by atomic mass is 10.1. The Morgan fingerprint density at radius 2 is 2.05 bits per heavy atom. The second kappa shape index (κ2) is 5.83. The largest absolute Gasteiger partial charge is 0.478 e. The van der Waals surface area contributed by atoms with Gasteiger partial charge in [0.1, 0.15) is 12.4 Å². The Morgan fingerprint density at radius 3 is 2.70 bits per heavy atom. The van der Waals surface area contributed by atoms with Crippen LogP contribution < -0.4 is 5.32 Å². The van der Waals surface area contributed by atoms with Gasteiger partial charge >= 0.3 is 12.1 Å². The molecule has 0 unspecified atom stereocenters. The van der Waals surface area contributed by atoms with Gasteiger partial charge in [-0.25, -0.2) is 14.6 Å². The van der Waals surface area contributed by atoms with Gasteiger partial charge in [-0.15, -0.1) is 0 Å². The highest BCUT2D eigenvalue weighted by atomic mass is 16.5. The van der Waals surface area contributed by atoms with Gasteiger partial charge in [0, 0.05) is 17.0 Å². The summed E-state index contributed by atoms with van der Waals surface area (Å²) in [6, 6.07) is 6.78. The van der Waals surface area contributed by atoms with Crippen LogP contribution in [0.15, 0.2) is 43.1 Å². The molecule has 0 bridgehead atoms. The number of hydrogen-bond donors (Lipinski definition) is 2. The molecule has 0 saturated heterocycles. The van der Waals surface area contributed by atoms with E-state index in [1.54, 1.807) is 24.3 Å². The van der Waals surface area contributed by atoms with Crippen molar-refractivity contribution in [2.24, 2.45) is 0 Å². The van der Waals surface area contributed by atoms with Gasteiger partial charge in [-0.2, -0.15) is 0 Å². The summed E-state index contributed by atoms with van der Waals surface area (Å²) < 4.78 is 4.80. The van der Waals surface area contributed by atoms with E-state index in [4.69, 9.17) is 9.84 Å². The van der Waals surface area contributed by atoms with Crippen LogP contribution in [0.1, 0.15) is 10.4 Å². The van der Waals surface area contributed by atoms with E-state index in [0.717, 1.165) is 0 Å². The van der Waals surface area contributed by atoms with Crippen LogP contribution in [0.2, 0.25) is 0 Å². The normalized spacial score (nSPS) is 10.0.